The van der Waals surface area contributed by atoms with Crippen LogP contribution in [0.3, 0.4) is 0 Å². The number of hydrogen-bond acceptors (Lipinski definition) is 10. The Kier molecular flexibility index (Phi) is 8.56. The Balaban J connectivity index is 2.19. The fraction of sp³-hybridized carbons (Fsp3) is 0.636. The van der Waals surface area contributed by atoms with Gasteiger partial charge in [-0.2, -0.15) is 8.78 Å². The van der Waals surface area contributed by atoms with E-state index in [1.807, 2.05) is 4.98 Å². The van der Waals surface area contributed by atoms with Crippen LogP contribution in [0, 0.1) is 6.92 Å². The number of alkyl halides is 2. The van der Waals surface area contributed by atoms with Crippen LogP contribution < -0.4 is 11.2 Å². The number of aryl methyl sites for hydroxylation is 1. The number of nitrogens with one attached hydrogen (secondary N) is 1. The maximum Gasteiger partial charge on any atom is 0.444 e. The molecule has 1 aliphatic rings. The molecule has 0 radical (unpaired) electrons. The quantitative estimate of drug-likeness (QED) is 0.109. The molecule has 1 aliphatic heterocycles. The Morgan fingerprint density at radius 3 is 2.61 bits per heavy atom. The molecule has 2 heterocycles. The molecule has 22 heteroatoms. The van der Waals surface area contributed by atoms with Crippen molar-refractivity contribution >= 4 is 44.9 Å². The van der Waals surface area contributed by atoms with Crippen molar-refractivity contribution < 1.29 is 46.2 Å². The molecule has 33 heavy (non-hydrogen) atoms. The van der Waals surface area contributed by atoms with E-state index in [4.69, 9.17) is 24.6 Å². The molecule has 5 atom stereocenters. The lowest BCUT2D eigenvalue weighted by atomic mass is 10.1. The van der Waals surface area contributed by atoms with E-state index < -0.39 is 62.5 Å². The third kappa shape index (κ3) is 6.40. The van der Waals surface area contributed by atoms with Crippen LogP contribution in [0.25, 0.3) is 10.4 Å². The second-order valence-corrected chi connectivity index (χ2v) is 15.5. The molecule has 2 unspecified atom stereocenters. The van der Waals surface area contributed by atoms with Gasteiger partial charge in [-0.15, -0.1) is 0 Å². The van der Waals surface area contributed by atoms with E-state index in [1.54, 1.807) is 0 Å². The number of H-pyrrole nitrogens is 1. The van der Waals surface area contributed by atoms with Crippen LogP contribution in [0.4, 0.5) is 8.78 Å². The van der Waals surface area contributed by atoms with E-state index in [-0.39, 0.29) is 12.0 Å². The molecule has 0 bridgehead atoms. The zero-order valence-electron chi connectivity index (χ0n) is 16.1. The van der Waals surface area contributed by atoms with Crippen molar-refractivity contribution in [1.29, 1.82) is 0 Å². The summed E-state index contributed by atoms with van der Waals surface area (Å²) in [7, 11) is -12.8. The molecule has 1 saturated heterocycles. The van der Waals surface area contributed by atoms with Gasteiger partial charge >= 0.3 is 26.3 Å². The summed E-state index contributed by atoms with van der Waals surface area (Å²) in [6.45, 7) is 0.694. The first-order chi connectivity index (χ1) is 14.9. The van der Waals surface area contributed by atoms with Crippen molar-refractivity contribution in [2.45, 2.75) is 37.1 Å². The summed E-state index contributed by atoms with van der Waals surface area (Å²) in [5, 5.41) is -2.04. The second-order valence-electron chi connectivity index (χ2n) is 6.51. The summed E-state index contributed by atoms with van der Waals surface area (Å²) in [5.41, 5.74) is 2.99. The molecule has 2 rings (SSSR count). The summed E-state index contributed by atoms with van der Waals surface area (Å²) < 4.78 is 65.3. The van der Waals surface area contributed by atoms with Gasteiger partial charge in [0.25, 0.3) is 5.56 Å². The minimum atomic E-state index is -6.43. The average molecular weight is 572 g/mol. The molecule has 1 aromatic rings. The van der Waals surface area contributed by atoms with Crippen LogP contribution in [-0.2, 0) is 46.8 Å². The molecule has 1 fully saturated rings. The van der Waals surface area contributed by atoms with Gasteiger partial charge in [0.2, 0.25) is 0 Å². The Morgan fingerprint density at radius 1 is 1.45 bits per heavy atom. The van der Waals surface area contributed by atoms with Crippen molar-refractivity contribution in [2.75, 3.05) is 6.61 Å². The third-order valence-corrected chi connectivity index (χ3v) is 11.1. The standard InChI is InChI=1S/C11H16F2N5O10P3S2/c1-5-3-18(10(20)15-9(5)19)8-2-6(16-17-14)7(27-8)4-26-31(32,33)28-30(24,25)11(12,13)29(21,22)23/h3,6-8H,2,4H2,1H3,(H,24,25)(H,32,33)(H,15,19,20)(H2,21,22,23)/p-1/t6-,7+,8+/m0/s1. The topological polar surface area (TPSA) is 226 Å². The first kappa shape index (κ1) is 28.3. The van der Waals surface area contributed by atoms with E-state index in [1.165, 1.54) is 13.1 Å². The van der Waals surface area contributed by atoms with Gasteiger partial charge in [0.1, 0.15) is 6.23 Å². The van der Waals surface area contributed by atoms with E-state index in [9.17, 15) is 32.4 Å². The molecule has 0 amide bonds. The van der Waals surface area contributed by atoms with E-state index in [0.717, 1.165) is 4.57 Å². The molecular formula is C11H15F2N5O10P3S2-. The number of rotatable bonds is 9. The summed E-state index contributed by atoms with van der Waals surface area (Å²) in [5.74, 6) is 0. The van der Waals surface area contributed by atoms with Crippen LogP contribution in [-0.4, -0.2) is 48.4 Å². The number of aromatic nitrogens is 2. The van der Waals surface area contributed by atoms with Crippen LogP contribution in [0.5, 0.6) is 0 Å². The van der Waals surface area contributed by atoms with Gasteiger partial charge in [0.05, 0.1) is 24.4 Å². The highest BCUT2D eigenvalue weighted by Gasteiger charge is 2.65. The molecule has 0 aliphatic carbocycles. The van der Waals surface area contributed by atoms with Crippen molar-refractivity contribution in [3.8, 4) is 0 Å². The number of hydrogen-bond donors (Lipinski definition) is 4. The minimum Gasteiger partial charge on any atom is -0.691 e. The van der Waals surface area contributed by atoms with Crippen LogP contribution in [0.15, 0.2) is 20.9 Å². The lowest BCUT2D eigenvalue weighted by Gasteiger charge is -2.33. The SMILES string of the molecule is Cc1cn([C@H]2C[C@H](N=[N+]=[N-])[C@@H](COP(=S)([S-])OP(=O)(O)C(F)(F)P(=O)(O)O)O2)c(=O)[nH]c1=O. The van der Waals surface area contributed by atoms with E-state index in [0.29, 0.717) is 0 Å². The van der Waals surface area contributed by atoms with Crippen molar-refractivity contribution in [3.05, 3.63) is 43.0 Å². The van der Waals surface area contributed by atoms with Gasteiger partial charge < -0.3 is 36.2 Å². The highest BCUT2D eigenvalue weighted by molar-refractivity contribution is 8.52. The summed E-state index contributed by atoms with van der Waals surface area (Å²) in [4.78, 5) is 54.8. The van der Waals surface area contributed by atoms with Crippen LogP contribution in [0.2, 0.25) is 0 Å². The fourth-order valence-electron chi connectivity index (χ4n) is 2.56. The zero-order valence-corrected chi connectivity index (χ0v) is 20.4. The summed E-state index contributed by atoms with van der Waals surface area (Å²) in [6.07, 6.45) is -1.17. The van der Waals surface area contributed by atoms with Crippen molar-refractivity contribution in [2.24, 2.45) is 5.11 Å². The molecule has 0 spiro atoms. The number of aromatic amines is 1. The summed E-state index contributed by atoms with van der Waals surface area (Å²) >= 11 is 9.21. The average Bonchev–Trinajstić information content (AvgIpc) is 3.04. The van der Waals surface area contributed by atoms with Gasteiger partial charge in [0, 0.05) is 23.1 Å². The van der Waals surface area contributed by atoms with Gasteiger partial charge in [-0.05, 0) is 12.5 Å². The van der Waals surface area contributed by atoms with Gasteiger partial charge in [-0.25, -0.2) is 4.79 Å². The highest BCUT2D eigenvalue weighted by Crippen LogP contribution is 2.77. The first-order valence-corrected chi connectivity index (χ1v) is 15.2. The molecule has 186 valence electrons. The number of halogens is 2. The predicted molar refractivity (Wildman–Crippen MR) is 113 cm³/mol. The zero-order chi connectivity index (χ0) is 25.4. The molecule has 0 aromatic carbocycles. The van der Waals surface area contributed by atoms with Gasteiger partial charge in [-0.3, -0.25) is 27.8 Å². The minimum absolute atomic E-state index is 0.0978. The molecule has 0 saturated carbocycles. The lowest BCUT2D eigenvalue weighted by Crippen LogP contribution is -2.33. The molecular weight excluding hydrogens is 557 g/mol. The Labute approximate surface area is 192 Å². The fourth-order valence-corrected chi connectivity index (χ4v) is 8.19. The van der Waals surface area contributed by atoms with E-state index >= 15 is 0 Å². The number of ether oxygens (including phenoxy) is 1. The Hall–Kier alpha value is -0.930. The second kappa shape index (κ2) is 9.97. The monoisotopic (exact) mass is 572 g/mol. The maximum absolute atomic E-state index is 13.6. The first-order valence-electron chi connectivity index (χ1n) is 8.37. The lowest BCUT2D eigenvalue weighted by molar-refractivity contribution is -0.0217. The van der Waals surface area contributed by atoms with Crippen LogP contribution >= 0.6 is 20.9 Å². The van der Waals surface area contributed by atoms with E-state index in [2.05, 4.69) is 38.4 Å². The van der Waals surface area contributed by atoms with Crippen molar-refractivity contribution in [3.63, 3.8) is 0 Å². The van der Waals surface area contributed by atoms with Crippen molar-refractivity contribution in [1.82, 2.24) is 9.55 Å². The molecule has 15 nitrogen and oxygen atoms in total. The molecule has 1 aromatic heterocycles. The van der Waals surface area contributed by atoms with Gasteiger partial charge in [0.15, 0.2) is 0 Å². The number of azide groups is 1. The predicted octanol–water partition coefficient (Wildman–Crippen LogP) is 1.53. The normalized spacial score (nSPS) is 25.1. The Bertz CT molecular complexity index is 1230. The highest BCUT2D eigenvalue weighted by atomic mass is 32.9. The number of nitrogens with zero attached hydrogens (tertiary/aromatic N) is 4. The summed E-state index contributed by atoms with van der Waals surface area (Å²) in [6, 6.07) is -1.01. The third-order valence-electron chi connectivity index (χ3n) is 4.16. The molecule has 4 N–H and O–H groups in total. The largest absolute Gasteiger partial charge is 0.691 e. The maximum atomic E-state index is 13.6. The smallest absolute Gasteiger partial charge is 0.444 e. The van der Waals surface area contributed by atoms with Crippen LogP contribution in [0.1, 0.15) is 18.2 Å². The van der Waals surface area contributed by atoms with Gasteiger partial charge in [-0.1, -0.05) is 16.9 Å². The Morgan fingerprint density at radius 2 is 2.06 bits per heavy atom.